The molecule has 15 heavy (non-hydrogen) atoms. The molecular formula is C13H15NO. The van der Waals surface area contributed by atoms with Gasteiger partial charge in [0, 0.05) is 17.5 Å². The van der Waals surface area contributed by atoms with Crippen molar-refractivity contribution >= 4 is 10.8 Å². The van der Waals surface area contributed by atoms with Crippen LogP contribution in [0.15, 0.2) is 36.5 Å². The number of aromatic nitrogens is 1. The van der Waals surface area contributed by atoms with Crippen LogP contribution < -0.4 is 0 Å². The zero-order chi connectivity index (χ0) is 10.7. The number of fused-ring (bicyclic) bond motifs is 1. The van der Waals surface area contributed by atoms with Crippen molar-refractivity contribution in [3.8, 4) is 0 Å². The van der Waals surface area contributed by atoms with Crippen LogP contribution in [0.3, 0.4) is 0 Å². The molecule has 0 amide bonds. The summed E-state index contributed by atoms with van der Waals surface area (Å²) in [7, 11) is 0. The Bertz CT molecular complexity index is 444. The molecule has 2 nitrogen and oxygen atoms in total. The Morgan fingerprint density at radius 3 is 2.80 bits per heavy atom. The van der Waals surface area contributed by atoms with Gasteiger partial charge < -0.3 is 5.11 Å². The lowest BCUT2D eigenvalue weighted by atomic mass is 9.98. The molecule has 1 atom stereocenters. The zero-order valence-electron chi connectivity index (χ0n) is 8.85. The molecule has 0 bridgehead atoms. The smallest absolute Gasteiger partial charge is 0.0535 e. The van der Waals surface area contributed by atoms with Gasteiger partial charge in [-0.1, -0.05) is 31.2 Å². The van der Waals surface area contributed by atoms with Crippen LogP contribution in [0.4, 0.5) is 0 Å². The number of hydrogen-bond acceptors (Lipinski definition) is 2. The maximum atomic E-state index is 9.30. The maximum absolute atomic E-state index is 9.30. The third-order valence-electron chi connectivity index (χ3n) is 2.80. The standard InChI is InChI=1S/C13H15NO/c1-2-10(9-15)13-12-6-4-3-5-11(12)7-8-14-13/h3-8,10,15H,2,9H2,1H3. The molecule has 1 aromatic heterocycles. The molecule has 1 aromatic carbocycles. The highest BCUT2D eigenvalue weighted by atomic mass is 16.3. The largest absolute Gasteiger partial charge is 0.396 e. The fraction of sp³-hybridized carbons (Fsp3) is 0.308. The molecule has 2 aromatic rings. The molecule has 0 aliphatic rings. The van der Waals surface area contributed by atoms with Gasteiger partial charge in [-0.3, -0.25) is 4.98 Å². The van der Waals surface area contributed by atoms with Crippen LogP contribution in [0.2, 0.25) is 0 Å². The van der Waals surface area contributed by atoms with E-state index in [1.807, 2.05) is 24.4 Å². The Balaban J connectivity index is 2.59. The van der Waals surface area contributed by atoms with Crippen molar-refractivity contribution in [3.05, 3.63) is 42.2 Å². The Hall–Kier alpha value is -1.41. The highest BCUT2D eigenvalue weighted by Crippen LogP contribution is 2.25. The van der Waals surface area contributed by atoms with Crippen LogP contribution in [0.25, 0.3) is 10.8 Å². The van der Waals surface area contributed by atoms with E-state index in [0.29, 0.717) is 0 Å². The molecule has 0 radical (unpaired) electrons. The zero-order valence-corrected chi connectivity index (χ0v) is 8.85. The lowest BCUT2D eigenvalue weighted by Gasteiger charge is -2.13. The monoisotopic (exact) mass is 201 g/mol. The number of aliphatic hydroxyl groups excluding tert-OH is 1. The first-order valence-electron chi connectivity index (χ1n) is 5.31. The first-order valence-corrected chi connectivity index (χ1v) is 5.31. The topological polar surface area (TPSA) is 33.1 Å². The highest BCUT2D eigenvalue weighted by Gasteiger charge is 2.12. The molecule has 0 spiro atoms. The molecule has 2 rings (SSSR count). The lowest BCUT2D eigenvalue weighted by Crippen LogP contribution is -2.05. The van der Waals surface area contributed by atoms with Gasteiger partial charge in [-0.2, -0.15) is 0 Å². The first kappa shape index (κ1) is 10.1. The van der Waals surface area contributed by atoms with Crippen LogP contribution in [-0.4, -0.2) is 16.7 Å². The number of benzene rings is 1. The third-order valence-corrected chi connectivity index (χ3v) is 2.80. The quantitative estimate of drug-likeness (QED) is 0.828. The van der Waals surface area contributed by atoms with E-state index in [2.05, 4.69) is 24.0 Å². The van der Waals surface area contributed by atoms with Gasteiger partial charge in [-0.15, -0.1) is 0 Å². The van der Waals surface area contributed by atoms with Crippen LogP contribution in [0.1, 0.15) is 25.0 Å². The van der Waals surface area contributed by atoms with Gasteiger partial charge in [0.2, 0.25) is 0 Å². The molecule has 2 heteroatoms. The van der Waals surface area contributed by atoms with E-state index >= 15 is 0 Å². The molecular weight excluding hydrogens is 186 g/mol. The van der Waals surface area contributed by atoms with Gasteiger partial charge in [0.05, 0.1) is 12.3 Å². The van der Waals surface area contributed by atoms with Crippen molar-refractivity contribution in [3.63, 3.8) is 0 Å². The molecule has 1 unspecified atom stereocenters. The van der Waals surface area contributed by atoms with Crippen LogP contribution in [-0.2, 0) is 0 Å². The van der Waals surface area contributed by atoms with Crippen molar-refractivity contribution in [2.75, 3.05) is 6.61 Å². The van der Waals surface area contributed by atoms with E-state index in [4.69, 9.17) is 0 Å². The van der Waals surface area contributed by atoms with Gasteiger partial charge in [0.15, 0.2) is 0 Å². The summed E-state index contributed by atoms with van der Waals surface area (Å²) in [4.78, 5) is 4.39. The average molecular weight is 201 g/mol. The van der Waals surface area contributed by atoms with Crippen molar-refractivity contribution in [1.29, 1.82) is 0 Å². The van der Waals surface area contributed by atoms with Gasteiger partial charge in [-0.25, -0.2) is 0 Å². The summed E-state index contributed by atoms with van der Waals surface area (Å²) in [5.74, 6) is 0.149. The first-order chi connectivity index (χ1) is 7.36. The molecule has 1 N–H and O–H groups in total. The van der Waals surface area contributed by atoms with E-state index in [9.17, 15) is 5.11 Å². The Morgan fingerprint density at radius 1 is 1.27 bits per heavy atom. The summed E-state index contributed by atoms with van der Waals surface area (Å²) in [5, 5.41) is 11.6. The summed E-state index contributed by atoms with van der Waals surface area (Å²) in [6, 6.07) is 10.2. The van der Waals surface area contributed by atoms with Crippen molar-refractivity contribution in [1.82, 2.24) is 4.98 Å². The van der Waals surface area contributed by atoms with E-state index in [1.165, 1.54) is 5.39 Å². The van der Waals surface area contributed by atoms with Crippen molar-refractivity contribution in [2.24, 2.45) is 0 Å². The summed E-state index contributed by atoms with van der Waals surface area (Å²) in [6.07, 6.45) is 2.73. The predicted octanol–water partition coefficient (Wildman–Crippen LogP) is 2.72. The minimum Gasteiger partial charge on any atom is -0.396 e. The second-order valence-corrected chi connectivity index (χ2v) is 3.71. The fourth-order valence-electron chi connectivity index (χ4n) is 1.88. The molecule has 1 heterocycles. The van der Waals surface area contributed by atoms with Gasteiger partial charge in [0.1, 0.15) is 0 Å². The second kappa shape index (κ2) is 4.41. The minimum absolute atomic E-state index is 0.149. The Labute approximate surface area is 89.6 Å². The number of nitrogens with zero attached hydrogens (tertiary/aromatic N) is 1. The average Bonchev–Trinajstić information content (AvgIpc) is 2.31. The van der Waals surface area contributed by atoms with Crippen LogP contribution >= 0.6 is 0 Å². The van der Waals surface area contributed by atoms with Crippen LogP contribution in [0, 0.1) is 0 Å². The molecule has 0 aliphatic heterocycles. The van der Waals surface area contributed by atoms with Crippen molar-refractivity contribution in [2.45, 2.75) is 19.3 Å². The van der Waals surface area contributed by atoms with Crippen molar-refractivity contribution < 1.29 is 5.11 Å². The summed E-state index contributed by atoms with van der Waals surface area (Å²) in [6.45, 7) is 2.24. The van der Waals surface area contributed by atoms with Gasteiger partial charge in [-0.05, 0) is 17.9 Å². The molecule has 0 saturated heterocycles. The SMILES string of the molecule is CCC(CO)c1nccc2ccccc12. The lowest BCUT2D eigenvalue weighted by molar-refractivity contribution is 0.261. The highest BCUT2D eigenvalue weighted by molar-refractivity contribution is 5.84. The second-order valence-electron chi connectivity index (χ2n) is 3.71. The molecule has 0 aliphatic carbocycles. The molecule has 78 valence electrons. The predicted molar refractivity (Wildman–Crippen MR) is 61.9 cm³/mol. The summed E-state index contributed by atoms with van der Waals surface area (Å²) >= 11 is 0. The number of pyridine rings is 1. The summed E-state index contributed by atoms with van der Waals surface area (Å²) in [5.41, 5.74) is 1.01. The maximum Gasteiger partial charge on any atom is 0.0535 e. The van der Waals surface area contributed by atoms with Gasteiger partial charge >= 0.3 is 0 Å². The Kier molecular flexibility index (Phi) is 2.97. The van der Waals surface area contributed by atoms with Gasteiger partial charge in [0.25, 0.3) is 0 Å². The van der Waals surface area contributed by atoms with E-state index in [1.54, 1.807) is 0 Å². The van der Waals surface area contributed by atoms with E-state index < -0.39 is 0 Å². The number of hydrogen-bond donors (Lipinski definition) is 1. The summed E-state index contributed by atoms with van der Waals surface area (Å²) < 4.78 is 0. The molecule has 0 saturated carbocycles. The molecule has 0 fully saturated rings. The number of rotatable bonds is 3. The third kappa shape index (κ3) is 1.85. The van der Waals surface area contributed by atoms with Crippen LogP contribution in [0.5, 0.6) is 0 Å². The normalized spacial score (nSPS) is 12.9. The van der Waals surface area contributed by atoms with E-state index in [-0.39, 0.29) is 12.5 Å². The fourth-order valence-corrected chi connectivity index (χ4v) is 1.88. The number of aliphatic hydroxyl groups is 1. The minimum atomic E-state index is 0.149. The Morgan fingerprint density at radius 2 is 2.07 bits per heavy atom. The van der Waals surface area contributed by atoms with E-state index in [0.717, 1.165) is 17.5 Å².